The van der Waals surface area contributed by atoms with E-state index in [2.05, 4.69) is 22.4 Å². The average Bonchev–Trinajstić information content (AvgIpc) is 2.73. The molecule has 0 unspecified atom stereocenters. The fraction of sp³-hybridized carbons (Fsp3) is 0.190. The van der Waals surface area contributed by atoms with Crippen LogP contribution < -0.4 is 9.62 Å². The normalized spacial score (nSPS) is 11.2. The Morgan fingerprint density at radius 1 is 0.964 bits per heavy atom. The Hall–Kier alpha value is -2.51. The highest BCUT2D eigenvalue weighted by Gasteiger charge is 2.23. The highest BCUT2D eigenvalue weighted by Crippen LogP contribution is 2.23. The molecule has 0 spiro atoms. The number of pyridine rings is 1. The van der Waals surface area contributed by atoms with Crippen LogP contribution in [0.5, 0.6) is 0 Å². The number of hydrogen-bond acceptors (Lipinski definition) is 5. The number of sulfonamides is 1. The van der Waals surface area contributed by atoms with Crippen LogP contribution in [-0.2, 0) is 10.0 Å². The second kappa shape index (κ2) is 9.61. The Balaban J connectivity index is 1.61. The van der Waals surface area contributed by atoms with Gasteiger partial charge in [0.25, 0.3) is 10.0 Å². The second-order valence-corrected chi connectivity index (χ2v) is 9.00. The van der Waals surface area contributed by atoms with E-state index in [0.29, 0.717) is 18.1 Å². The smallest absolute Gasteiger partial charge is 0.265 e. The number of nitrogens with zero attached hydrogens (tertiary/aromatic N) is 2. The van der Waals surface area contributed by atoms with E-state index in [1.807, 2.05) is 43.3 Å². The second-order valence-electron chi connectivity index (χ2n) is 5.97. The van der Waals surface area contributed by atoms with Gasteiger partial charge in [0.1, 0.15) is 10.7 Å². The molecule has 3 aromatic rings. The van der Waals surface area contributed by atoms with E-state index in [9.17, 15) is 8.42 Å². The summed E-state index contributed by atoms with van der Waals surface area (Å²) in [4.78, 5) is 5.68. The van der Waals surface area contributed by atoms with Crippen LogP contribution in [-0.4, -0.2) is 32.2 Å². The van der Waals surface area contributed by atoms with Gasteiger partial charge in [-0.05, 0) is 43.3 Å². The fourth-order valence-electron chi connectivity index (χ4n) is 2.71. The van der Waals surface area contributed by atoms with Crippen molar-refractivity contribution in [3.8, 4) is 0 Å². The first-order valence-corrected chi connectivity index (χ1v) is 11.5. The maximum absolute atomic E-state index is 13.0. The molecule has 2 aromatic carbocycles. The number of anilines is 2. The van der Waals surface area contributed by atoms with E-state index in [0.717, 1.165) is 12.3 Å². The molecule has 1 N–H and O–H groups in total. The lowest BCUT2D eigenvalue weighted by molar-refractivity contribution is 0.591. The van der Waals surface area contributed by atoms with Crippen LogP contribution in [0.3, 0.4) is 0 Å². The van der Waals surface area contributed by atoms with Crippen molar-refractivity contribution < 1.29 is 8.42 Å². The van der Waals surface area contributed by atoms with Gasteiger partial charge in [-0.15, -0.1) is 11.8 Å². The maximum Gasteiger partial charge on any atom is 0.265 e. The largest absolute Gasteiger partial charge is 0.369 e. The van der Waals surface area contributed by atoms with Crippen LogP contribution >= 0.6 is 11.8 Å². The van der Waals surface area contributed by atoms with Crippen molar-refractivity contribution in [3.63, 3.8) is 0 Å². The molecule has 1 aromatic heterocycles. The lowest BCUT2D eigenvalue weighted by Gasteiger charge is -2.22. The molecule has 0 amide bonds. The van der Waals surface area contributed by atoms with Crippen molar-refractivity contribution in [2.24, 2.45) is 0 Å². The van der Waals surface area contributed by atoms with Gasteiger partial charge in [0.05, 0.1) is 5.69 Å². The van der Waals surface area contributed by atoms with E-state index >= 15 is 0 Å². The highest BCUT2D eigenvalue weighted by molar-refractivity contribution is 7.99. The van der Waals surface area contributed by atoms with Gasteiger partial charge in [-0.1, -0.05) is 36.4 Å². The molecule has 0 fully saturated rings. The molecule has 7 heteroatoms. The lowest BCUT2D eigenvalue weighted by atomic mass is 10.3. The summed E-state index contributed by atoms with van der Waals surface area (Å²) < 4.78 is 27.3. The third kappa shape index (κ3) is 5.05. The van der Waals surface area contributed by atoms with Crippen LogP contribution in [0.1, 0.15) is 6.92 Å². The third-order valence-corrected chi connectivity index (χ3v) is 6.98. The summed E-state index contributed by atoms with van der Waals surface area (Å²) in [7, 11) is -3.64. The van der Waals surface area contributed by atoms with E-state index in [1.54, 1.807) is 36.0 Å². The molecule has 0 saturated heterocycles. The Kier molecular flexibility index (Phi) is 6.95. The fourth-order valence-corrected chi connectivity index (χ4v) is 4.92. The van der Waals surface area contributed by atoms with E-state index in [-0.39, 0.29) is 4.90 Å². The molecule has 1 heterocycles. The predicted octanol–water partition coefficient (Wildman–Crippen LogP) is 4.50. The van der Waals surface area contributed by atoms with Crippen molar-refractivity contribution in [1.29, 1.82) is 0 Å². The zero-order valence-electron chi connectivity index (χ0n) is 15.7. The molecule has 0 aliphatic rings. The zero-order valence-corrected chi connectivity index (χ0v) is 17.3. The molecule has 0 bridgehead atoms. The summed E-state index contributed by atoms with van der Waals surface area (Å²) in [5.74, 6) is 1.55. The first kappa shape index (κ1) is 20.2. The van der Waals surface area contributed by atoms with E-state index in [4.69, 9.17) is 0 Å². The maximum atomic E-state index is 13.0. The number of hydrogen-bond donors (Lipinski definition) is 1. The first-order valence-electron chi connectivity index (χ1n) is 9.07. The minimum atomic E-state index is -3.64. The van der Waals surface area contributed by atoms with Crippen LogP contribution in [0.25, 0.3) is 0 Å². The number of rotatable bonds is 9. The number of benzene rings is 2. The minimum Gasteiger partial charge on any atom is -0.369 e. The van der Waals surface area contributed by atoms with E-state index in [1.165, 1.54) is 15.4 Å². The third-order valence-electron chi connectivity index (χ3n) is 4.08. The molecular weight excluding hydrogens is 390 g/mol. The number of thioether (sulfide) groups is 1. The summed E-state index contributed by atoms with van der Waals surface area (Å²) in [6.45, 7) is 2.91. The average molecular weight is 414 g/mol. The van der Waals surface area contributed by atoms with Crippen LogP contribution in [0.4, 0.5) is 11.5 Å². The highest BCUT2D eigenvalue weighted by atomic mass is 32.2. The van der Waals surface area contributed by atoms with Gasteiger partial charge in [-0.3, -0.25) is 4.31 Å². The van der Waals surface area contributed by atoms with Crippen LogP contribution in [0.15, 0.2) is 88.8 Å². The van der Waals surface area contributed by atoms with Crippen molar-refractivity contribution >= 4 is 33.3 Å². The van der Waals surface area contributed by atoms with Gasteiger partial charge in [0.15, 0.2) is 0 Å². The molecule has 0 saturated carbocycles. The first-order chi connectivity index (χ1) is 13.6. The van der Waals surface area contributed by atoms with E-state index < -0.39 is 10.0 Å². The van der Waals surface area contributed by atoms with Gasteiger partial charge < -0.3 is 5.32 Å². The Morgan fingerprint density at radius 2 is 1.64 bits per heavy atom. The summed E-state index contributed by atoms with van der Waals surface area (Å²) in [5, 5.41) is 3.23. The SMILES string of the molecule is CCN(c1ccccc1)S(=O)(=O)c1ccc(NCCSc2ccccc2)nc1. The van der Waals surface area contributed by atoms with Gasteiger partial charge in [0, 0.05) is 29.9 Å². The number of nitrogens with one attached hydrogen (secondary N) is 1. The minimum absolute atomic E-state index is 0.183. The molecule has 0 aliphatic carbocycles. The molecular formula is C21H23N3O2S2. The number of para-hydroxylation sites is 1. The number of aromatic nitrogens is 1. The monoisotopic (exact) mass is 413 g/mol. The van der Waals surface area contributed by atoms with Gasteiger partial charge in [-0.25, -0.2) is 13.4 Å². The lowest BCUT2D eigenvalue weighted by Crippen LogP contribution is -2.30. The molecule has 3 rings (SSSR count). The summed E-state index contributed by atoms with van der Waals surface area (Å²) in [5.41, 5.74) is 0.644. The Labute approximate surface area is 170 Å². The molecule has 5 nitrogen and oxygen atoms in total. The standard InChI is InChI=1S/C21H23N3O2S2/c1-2-24(18-9-5-3-6-10-18)28(25,26)20-13-14-21(23-17-20)22-15-16-27-19-11-7-4-8-12-19/h3-14,17H,2,15-16H2,1H3,(H,22,23). The zero-order chi connectivity index (χ0) is 19.8. The summed E-state index contributed by atoms with van der Waals surface area (Å²) in [6.07, 6.45) is 1.41. The van der Waals surface area contributed by atoms with Gasteiger partial charge in [-0.2, -0.15) is 0 Å². The quantitative estimate of drug-likeness (QED) is 0.413. The molecule has 0 aliphatic heterocycles. The Bertz CT molecular complexity index is 964. The Morgan fingerprint density at radius 3 is 2.25 bits per heavy atom. The molecule has 28 heavy (non-hydrogen) atoms. The molecule has 146 valence electrons. The van der Waals surface area contributed by atoms with Crippen molar-refractivity contribution in [2.75, 3.05) is 28.5 Å². The predicted molar refractivity (Wildman–Crippen MR) is 117 cm³/mol. The molecule has 0 radical (unpaired) electrons. The summed E-state index contributed by atoms with van der Waals surface area (Å²) in [6, 6.07) is 22.6. The van der Waals surface area contributed by atoms with Crippen LogP contribution in [0, 0.1) is 0 Å². The van der Waals surface area contributed by atoms with Crippen LogP contribution in [0.2, 0.25) is 0 Å². The topological polar surface area (TPSA) is 62.3 Å². The van der Waals surface area contributed by atoms with Crippen molar-refractivity contribution in [3.05, 3.63) is 79.0 Å². The van der Waals surface area contributed by atoms with Gasteiger partial charge in [0.2, 0.25) is 0 Å². The molecule has 0 atom stereocenters. The van der Waals surface area contributed by atoms with Crippen molar-refractivity contribution in [1.82, 2.24) is 4.98 Å². The summed E-state index contributed by atoms with van der Waals surface area (Å²) >= 11 is 1.76. The van der Waals surface area contributed by atoms with Gasteiger partial charge >= 0.3 is 0 Å². The van der Waals surface area contributed by atoms with Crippen molar-refractivity contribution in [2.45, 2.75) is 16.7 Å².